The number of Topliss-reactive ketones (excluding diaryl/α,β-unsaturated/α-hetero) is 1. The number of rotatable bonds is 5. The van der Waals surface area contributed by atoms with Crippen LogP contribution in [-0.2, 0) is 16.1 Å². The van der Waals surface area contributed by atoms with Crippen LogP contribution in [0.1, 0.15) is 22.7 Å². The molecule has 1 aliphatic heterocycles. The molecule has 4 rings (SSSR count). The number of para-hydroxylation sites is 1. The topological polar surface area (TPSA) is 66.8 Å². The van der Waals surface area contributed by atoms with E-state index in [1.165, 1.54) is 4.90 Å². The Bertz CT molecular complexity index is 1160. The fraction of sp³-hybridized carbons (Fsp3) is 0.120. The van der Waals surface area contributed by atoms with Gasteiger partial charge in [0.15, 0.2) is 0 Å². The highest BCUT2D eigenvalue weighted by Gasteiger charge is 2.46. The molecule has 1 fully saturated rings. The summed E-state index contributed by atoms with van der Waals surface area (Å²) in [4.78, 5) is 27.6. The molecule has 1 amide bonds. The van der Waals surface area contributed by atoms with Crippen molar-refractivity contribution < 1.29 is 19.4 Å². The van der Waals surface area contributed by atoms with Gasteiger partial charge in [-0.05, 0) is 23.8 Å². The van der Waals surface area contributed by atoms with Gasteiger partial charge in [0.05, 0.1) is 25.3 Å². The molecule has 6 heteroatoms. The molecule has 1 heterocycles. The first-order chi connectivity index (χ1) is 15.0. The summed E-state index contributed by atoms with van der Waals surface area (Å²) in [7, 11) is 1.56. The Hall–Kier alpha value is -3.38. The third kappa shape index (κ3) is 3.99. The van der Waals surface area contributed by atoms with E-state index in [2.05, 4.69) is 15.9 Å². The predicted octanol–water partition coefficient (Wildman–Crippen LogP) is 5.08. The second-order valence-corrected chi connectivity index (χ2v) is 8.07. The van der Waals surface area contributed by atoms with Crippen LogP contribution in [0.4, 0.5) is 0 Å². The Kier molecular flexibility index (Phi) is 5.91. The van der Waals surface area contributed by atoms with E-state index in [9.17, 15) is 14.7 Å². The van der Waals surface area contributed by atoms with E-state index < -0.39 is 17.7 Å². The van der Waals surface area contributed by atoms with Crippen LogP contribution in [0.15, 0.2) is 88.9 Å². The van der Waals surface area contributed by atoms with Crippen molar-refractivity contribution in [2.45, 2.75) is 12.6 Å². The lowest BCUT2D eigenvalue weighted by Gasteiger charge is -2.26. The molecule has 3 aromatic carbocycles. The third-order valence-corrected chi connectivity index (χ3v) is 5.83. The van der Waals surface area contributed by atoms with Gasteiger partial charge in [-0.1, -0.05) is 76.6 Å². The molecule has 0 aromatic heterocycles. The Labute approximate surface area is 188 Å². The van der Waals surface area contributed by atoms with Crippen molar-refractivity contribution in [2.24, 2.45) is 0 Å². The summed E-state index contributed by atoms with van der Waals surface area (Å²) in [5, 5.41) is 11.1. The molecule has 1 aliphatic rings. The number of ether oxygens (including phenoxy) is 1. The summed E-state index contributed by atoms with van der Waals surface area (Å²) in [6.45, 7) is 0.172. The molecule has 156 valence electrons. The largest absolute Gasteiger partial charge is 0.507 e. The van der Waals surface area contributed by atoms with Gasteiger partial charge in [-0.2, -0.15) is 0 Å². The first-order valence-corrected chi connectivity index (χ1v) is 10.5. The van der Waals surface area contributed by atoms with Crippen molar-refractivity contribution in [3.05, 3.63) is 106 Å². The smallest absolute Gasteiger partial charge is 0.295 e. The van der Waals surface area contributed by atoms with Gasteiger partial charge >= 0.3 is 0 Å². The van der Waals surface area contributed by atoms with E-state index in [1.807, 2.05) is 54.6 Å². The minimum Gasteiger partial charge on any atom is -0.507 e. The monoisotopic (exact) mass is 477 g/mol. The molecular weight excluding hydrogens is 458 g/mol. The van der Waals surface area contributed by atoms with Crippen LogP contribution in [0.5, 0.6) is 5.75 Å². The summed E-state index contributed by atoms with van der Waals surface area (Å²) in [6.07, 6.45) is 0. The van der Waals surface area contributed by atoms with E-state index >= 15 is 0 Å². The lowest BCUT2D eigenvalue weighted by atomic mass is 9.95. The zero-order valence-electron chi connectivity index (χ0n) is 16.8. The van der Waals surface area contributed by atoms with Crippen molar-refractivity contribution >= 4 is 33.4 Å². The molecule has 0 spiro atoms. The molecule has 1 saturated heterocycles. The second-order valence-electron chi connectivity index (χ2n) is 7.16. The van der Waals surface area contributed by atoms with Crippen LogP contribution in [0, 0.1) is 0 Å². The average molecular weight is 478 g/mol. The number of amides is 1. The Balaban J connectivity index is 1.85. The highest BCUT2D eigenvalue weighted by atomic mass is 79.9. The Morgan fingerprint density at radius 2 is 1.61 bits per heavy atom. The van der Waals surface area contributed by atoms with E-state index in [0.29, 0.717) is 11.3 Å². The molecule has 0 saturated carbocycles. The Morgan fingerprint density at radius 1 is 0.968 bits per heavy atom. The molecule has 1 atom stereocenters. The van der Waals surface area contributed by atoms with Crippen LogP contribution >= 0.6 is 15.9 Å². The van der Waals surface area contributed by atoms with Crippen LogP contribution in [-0.4, -0.2) is 28.8 Å². The molecule has 0 radical (unpaired) electrons. The molecule has 5 nitrogen and oxygen atoms in total. The van der Waals surface area contributed by atoms with Crippen LogP contribution in [0.2, 0.25) is 0 Å². The van der Waals surface area contributed by atoms with Gasteiger partial charge in [0.25, 0.3) is 11.7 Å². The number of aliphatic hydroxyl groups excluding tert-OH is 1. The van der Waals surface area contributed by atoms with Crippen molar-refractivity contribution in [1.29, 1.82) is 0 Å². The van der Waals surface area contributed by atoms with E-state index in [4.69, 9.17) is 4.74 Å². The number of aliphatic hydroxyl groups is 1. The molecule has 0 bridgehead atoms. The van der Waals surface area contributed by atoms with Crippen LogP contribution < -0.4 is 4.74 Å². The van der Waals surface area contributed by atoms with Gasteiger partial charge in [-0.3, -0.25) is 9.59 Å². The zero-order valence-corrected chi connectivity index (χ0v) is 18.4. The molecule has 31 heavy (non-hydrogen) atoms. The van der Waals surface area contributed by atoms with E-state index in [-0.39, 0.29) is 17.9 Å². The van der Waals surface area contributed by atoms with Gasteiger partial charge in [0.1, 0.15) is 11.5 Å². The number of methoxy groups -OCH3 is 1. The standard InChI is InChI=1S/C25H20BrNO4/c1-31-20-10-6-5-9-18(20)15-27-22(16-7-3-2-4-8-16)21(24(29)25(27)30)23(28)17-11-13-19(26)14-12-17/h2-14,22,28H,15H2,1H3/b23-21+. The maximum atomic E-state index is 13.1. The fourth-order valence-electron chi connectivity index (χ4n) is 3.81. The Morgan fingerprint density at radius 3 is 2.29 bits per heavy atom. The molecule has 1 N–H and O–H groups in total. The van der Waals surface area contributed by atoms with Gasteiger partial charge in [0, 0.05) is 15.6 Å². The molecule has 1 unspecified atom stereocenters. The van der Waals surface area contributed by atoms with Crippen molar-refractivity contribution in [3.8, 4) is 5.75 Å². The summed E-state index contributed by atoms with van der Waals surface area (Å²) >= 11 is 3.37. The summed E-state index contributed by atoms with van der Waals surface area (Å²) in [6, 6.07) is 22.9. The molecular formula is C25H20BrNO4. The van der Waals surface area contributed by atoms with Gasteiger partial charge in [0.2, 0.25) is 0 Å². The fourth-order valence-corrected chi connectivity index (χ4v) is 4.07. The number of hydrogen-bond donors (Lipinski definition) is 1. The van der Waals surface area contributed by atoms with Crippen molar-refractivity contribution in [1.82, 2.24) is 4.90 Å². The SMILES string of the molecule is COc1ccccc1CN1C(=O)C(=O)/C(=C(/O)c2ccc(Br)cc2)C1c1ccccc1. The van der Waals surface area contributed by atoms with Gasteiger partial charge < -0.3 is 14.7 Å². The number of nitrogens with zero attached hydrogens (tertiary/aromatic N) is 1. The number of carbonyl (C=O) groups excluding carboxylic acids is 2. The lowest BCUT2D eigenvalue weighted by molar-refractivity contribution is -0.140. The number of hydrogen-bond acceptors (Lipinski definition) is 4. The minimum absolute atomic E-state index is 0.0772. The maximum Gasteiger partial charge on any atom is 0.295 e. The number of carbonyl (C=O) groups is 2. The number of ketones is 1. The molecule has 0 aliphatic carbocycles. The predicted molar refractivity (Wildman–Crippen MR) is 121 cm³/mol. The first-order valence-electron chi connectivity index (χ1n) is 9.72. The van der Waals surface area contributed by atoms with Crippen molar-refractivity contribution in [3.63, 3.8) is 0 Å². The van der Waals surface area contributed by atoms with E-state index in [1.54, 1.807) is 31.4 Å². The highest BCUT2D eigenvalue weighted by molar-refractivity contribution is 9.10. The van der Waals surface area contributed by atoms with Gasteiger partial charge in [-0.15, -0.1) is 0 Å². The summed E-state index contributed by atoms with van der Waals surface area (Å²) in [5.74, 6) is -0.922. The van der Waals surface area contributed by atoms with Crippen molar-refractivity contribution in [2.75, 3.05) is 7.11 Å². The van der Waals surface area contributed by atoms with E-state index in [0.717, 1.165) is 15.6 Å². The van der Waals surface area contributed by atoms with Gasteiger partial charge in [-0.25, -0.2) is 0 Å². The summed E-state index contributed by atoms with van der Waals surface area (Å²) in [5.41, 5.74) is 2.07. The third-order valence-electron chi connectivity index (χ3n) is 5.31. The lowest BCUT2D eigenvalue weighted by Crippen LogP contribution is -2.29. The normalized spacial score (nSPS) is 17.7. The van der Waals surface area contributed by atoms with Crippen LogP contribution in [0.3, 0.4) is 0 Å². The first kappa shape index (κ1) is 20.9. The minimum atomic E-state index is -0.713. The maximum absolute atomic E-state index is 13.1. The average Bonchev–Trinajstić information content (AvgIpc) is 3.05. The second kappa shape index (κ2) is 8.78. The quantitative estimate of drug-likeness (QED) is 0.316. The molecule has 3 aromatic rings. The number of likely N-dealkylation sites (tertiary alicyclic amines) is 1. The zero-order chi connectivity index (χ0) is 22.0. The number of benzene rings is 3. The van der Waals surface area contributed by atoms with Crippen LogP contribution in [0.25, 0.3) is 5.76 Å². The summed E-state index contributed by atoms with van der Waals surface area (Å²) < 4.78 is 6.27. The highest BCUT2D eigenvalue weighted by Crippen LogP contribution is 2.41. The number of halogens is 1.